The summed E-state index contributed by atoms with van der Waals surface area (Å²) in [6.45, 7) is 8.56. The van der Waals surface area contributed by atoms with E-state index in [4.69, 9.17) is 4.98 Å². The molecule has 1 N–H and O–H groups in total. The highest BCUT2D eigenvalue weighted by molar-refractivity contribution is 5.82. The molecule has 1 aliphatic carbocycles. The number of benzene rings is 1. The normalized spacial score (nSPS) is 19.4. The van der Waals surface area contributed by atoms with Gasteiger partial charge in [-0.3, -0.25) is 4.79 Å². The van der Waals surface area contributed by atoms with E-state index in [1.165, 1.54) is 36.0 Å². The van der Waals surface area contributed by atoms with Gasteiger partial charge in [-0.1, -0.05) is 31.9 Å². The SMILES string of the molecule is Cc1ccn2c(CC(=O)NC3CCCCC3C)c(-c3ccc(C)c(C)c3)nc2c1. The first-order chi connectivity index (χ1) is 13.9. The summed E-state index contributed by atoms with van der Waals surface area (Å²) in [6.07, 6.45) is 7.15. The number of fused-ring (bicyclic) bond motifs is 1. The molecule has 0 bridgehead atoms. The van der Waals surface area contributed by atoms with Gasteiger partial charge in [0.15, 0.2) is 0 Å². The summed E-state index contributed by atoms with van der Waals surface area (Å²) in [5, 5.41) is 3.30. The van der Waals surface area contributed by atoms with Crippen molar-refractivity contribution in [2.45, 2.75) is 65.8 Å². The van der Waals surface area contributed by atoms with Gasteiger partial charge in [-0.15, -0.1) is 0 Å². The molecule has 1 amide bonds. The van der Waals surface area contributed by atoms with E-state index in [1.54, 1.807) is 0 Å². The summed E-state index contributed by atoms with van der Waals surface area (Å²) in [4.78, 5) is 17.9. The van der Waals surface area contributed by atoms with Crippen LogP contribution in [0.25, 0.3) is 16.9 Å². The maximum Gasteiger partial charge on any atom is 0.226 e. The van der Waals surface area contributed by atoms with Gasteiger partial charge in [0.2, 0.25) is 5.91 Å². The van der Waals surface area contributed by atoms with Crippen LogP contribution in [0, 0.1) is 26.7 Å². The standard InChI is InChI=1S/C25H31N3O/c1-16-11-12-28-22(15-24(29)26-21-8-6-5-7-18(21)3)25(27-23(28)13-16)20-10-9-17(2)19(4)14-20/h9-14,18,21H,5-8,15H2,1-4H3,(H,26,29). The first-order valence-electron chi connectivity index (χ1n) is 10.8. The van der Waals surface area contributed by atoms with Crippen LogP contribution in [0.2, 0.25) is 0 Å². The number of carbonyl (C=O) groups is 1. The minimum atomic E-state index is 0.0937. The smallest absolute Gasteiger partial charge is 0.226 e. The maximum atomic E-state index is 13.0. The highest BCUT2D eigenvalue weighted by Gasteiger charge is 2.24. The van der Waals surface area contributed by atoms with E-state index in [9.17, 15) is 4.79 Å². The molecule has 1 aliphatic rings. The first-order valence-corrected chi connectivity index (χ1v) is 10.8. The molecule has 0 saturated heterocycles. The Morgan fingerprint density at radius 1 is 1.10 bits per heavy atom. The molecule has 0 spiro atoms. The lowest BCUT2D eigenvalue weighted by Gasteiger charge is -2.29. The molecule has 4 rings (SSSR count). The number of amides is 1. The molecule has 4 nitrogen and oxygen atoms in total. The Kier molecular flexibility index (Phi) is 5.44. The minimum absolute atomic E-state index is 0.0937. The van der Waals surface area contributed by atoms with E-state index in [1.807, 2.05) is 6.20 Å². The molecule has 29 heavy (non-hydrogen) atoms. The second-order valence-electron chi connectivity index (χ2n) is 8.75. The lowest BCUT2D eigenvalue weighted by Crippen LogP contribution is -2.41. The molecule has 2 atom stereocenters. The fourth-order valence-corrected chi connectivity index (χ4v) is 4.43. The number of carbonyl (C=O) groups excluding carboxylic acids is 1. The van der Waals surface area contributed by atoms with Crippen molar-refractivity contribution in [2.75, 3.05) is 0 Å². The molecule has 1 saturated carbocycles. The van der Waals surface area contributed by atoms with Crippen molar-refractivity contribution in [3.63, 3.8) is 0 Å². The van der Waals surface area contributed by atoms with Crippen LogP contribution in [0.3, 0.4) is 0 Å². The summed E-state index contributed by atoms with van der Waals surface area (Å²) in [7, 11) is 0. The van der Waals surface area contributed by atoms with Gasteiger partial charge in [-0.05, 0) is 74.4 Å². The van der Waals surface area contributed by atoms with Gasteiger partial charge in [-0.2, -0.15) is 0 Å². The minimum Gasteiger partial charge on any atom is -0.353 e. The third-order valence-electron chi connectivity index (χ3n) is 6.45. The number of pyridine rings is 1. The molecule has 2 aromatic heterocycles. The predicted molar refractivity (Wildman–Crippen MR) is 118 cm³/mol. The Morgan fingerprint density at radius 2 is 1.90 bits per heavy atom. The van der Waals surface area contributed by atoms with Crippen molar-refractivity contribution >= 4 is 11.6 Å². The third kappa shape index (κ3) is 4.07. The monoisotopic (exact) mass is 389 g/mol. The Hall–Kier alpha value is -2.62. The molecule has 0 aliphatic heterocycles. The van der Waals surface area contributed by atoms with Crippen molar-refractivity contribution < 1.29 is 4.79 Å². The largest absolute Gasteiger partial charge is 0.353 e. The number of hydrogen-bond acceptors (Lipinski definition) is 2. The number of nitrogens with zero attached hydrogens (tertiary/aromatic N) is 2. The summed E-state index contributed by atoms with van der Waals surface area (Å²) < 4.78 is 2.07. The summed E-state index contributed by atoms with van der Waals surface area (Å²) >= 11 is 0. The predicted octanol–water partition coefficient (Wildman–Crippen LogP) is 5.16. The van der Waals surface area contributed by atoms with Crippen molar-refractivity contribution in [3.05, 3.63) is 58.9 Å². The number of hydrogen-bond donors (Lipinski definition) is 1. The zero-order chi connectivity index (χ0) is 20.5. The summed E-state index contributed by atoms with van der Waals surface area (Å²) in [5.74, 6) is 0.646. The van der Waals surface area contributed by atoms with Crippen molar-refractivity contribution in [1.82, 2.24) is 14.7 Å². The average molecular weight is 390 g/mol. The fraction of sp³-hybridized carbons (Fsp3) is 0.440. The topological polar surface area (TPSA) is 46.4 Å². The molecule has 4 heteroatoms. The van der Waals surface area contributed by atoms with Crippen LogP contribution in [-0.2, 0) is 11.2 Å². The molecule has 1 fully saturated rings. The van der Waals surface area contributed by atoms with Crippen LogP contribution in [0.1, 0.15) is 55.0 Å². The number of imidazole rings is 1. The van der Waals surface area contributed by atoms with Gasteiger partial charge in [0, 0.05) is 17.8 Å². The van der Waals surface area contributed by atoms with Gasteiger partial charge in [0.25, 0.3) is 0 Å². The van der Waals surface area contributed by atoms with Gasteiger partial charge < -0.3 is 9.72 Å². The number of nitrogens with one attached hydrogen (secondary N) is 1. The fourth-order valence-electron chi connectivity index (χ4n) is 4.43. The highest BCUT2D eigenvalue weighted by Crippen LogP contribution is 2.28. The number of aromatic nitrogens is 2. The zero-order valence-electron chi connectivity index (χ0n) is 18.0. The van der Waals surface area contributed by atoms with Crippen LogP contribution >= 0.6 is 0 Å². The summed E-state index contributed by atoms with van der Waals surface area (Å²) in [5.41, 5.74) is 7.51. The van der Waals surface area contributed by atoms with Crippen LogP contribution < -0.4 is 5.32 Å². The molecule has 3 aromatic rings. The maximum absolute atomic E-state index is 13.0. The molecule has 2 heterocycles. The number of aryl methyl sites for hydroxylation is 3. The Labute approximate surface area is 173 Å². The van der Waals surface area contributed by atoms with E-state index in [2.05, 4.69) is 67.7 Å². The van der Waals surface area contributed by atoms with Crippen LogP contribution in [0.15, 0.2) is 36.5 Å². The van der Waals surface area contributed by atoms with Gasteiger partial charge >= 0.3 is 0 Å². The third-order valence-corrected chi connectivity index (χ3v) is 6.45. The van der Waals surface area contributed by atoms with Crippen LogP contribution in [-0.4, -0.2) is 21.3 Å². The molecule has 2 unspecified atom stereocenters. The van der Waals surface area contributed by atoms with Crippen molar-refractivity contribution in [3.8, 4) is 11.3 Å². The second kappa shape index (κ2) is 8.02. The van der Waals surface area contributed by atoms with E-state index >= 15 is 0 Å². The number of rotatable bonds is 4. The quantitative estimate of drug-likeness (QED) is 0.670. The molecule has 0 radical (unpaired) electrons. The van der Waals surface area contributed by atoms with Crippen molar-refractivity contribution in [1.29, 1.82) is 0 Å². The van der Waals surface area contributed by atoms with Gasteiger partial charge in [-0.25, -0.2) is 4.98 Å². The average Bonchev–Trinajstić information content (AvgIpc) is 3.03. The Morgan fingerprint density at radius 3 is 2.66 bits per heavy atom. The van der Waals surface area contributed by atoms with E-state index in [0.717, 1.165) is 29.0 Å². The molecular formula is C25H31N3O. The van der Waals surface area contributed by atoms with Crippen LogP contribution in [0.4, 0.5) is 0 Å². The van der Waals surface area contributed by atoms with Crippen LogP contribution in [0.5, 0.6) is 0 Å². The summed E-state index contributed by atoms with van der Waals surface area (Å²) in [6, 6.07) is 10.9. The zero-order valence-corrected chi connectivity index (χ0v) is 18.0. The van der Waals surface area contributed by atoms with Gasteiger partial charge in [0.05, 0.1) is 17.8 Å². The molecular weight excluding hydrogens is 358 g/mol. The highest BCUT2D eigenvalue weighted by atomic mass is 16.1. The van der Waals surface area contributed by atoms with E-state index in [-0.39, 0.29) is 5.91 Å². The lowest BCUT2D eigenvalue weighted by molar-refractivity contribution is -0.121. The second-order valence-corrected chi connectivity index (χ2v) is 8.75. The Bertz CT molecular complexity index is 1050. The Balaban J connectivity index is 1.69. The van der Waals surface area contributed by atoms with Crippen molar-refractivity contribution in [2.24, 2.45) is 5.92 Å². The lowest BCUT2D eigenvalue weighted by atomic mass is 9.86. The molecule has 152 valence electrons. The first kappa shape index (κ1) is 19.7. The molecule has 1 aromatic carbocycles. The van der Waals surface area contributed by atoms with E-state index in [0.29, 0.717) is 18.4 Å². The van der Waals surface area contributed by atoms with Gasteiger partial charge in [0.1, 0.15) is 5.65 Å². The van der Waals surface area contributed by atoms with E-state index < -0.39 is 0 Å².